The van der Waals surface area contributed by atoms with Crippen LogP contribution in [0.1, 0.15) is 29.9 Å². The lowest BCUT2D eigenvalue weighted by Crippen LogP contribution is -2.39. The Morgan fingerprint density at radius 2 is 2.24 bits per heavy atom. The highest BCUT2D eigenvalue weighted by Crippen LogP contribution is 2.18. The average molecular weight is 257 g/mol. The highest BCUT2D eigenvalue weighted by Gasteiger charge is 2.20. The maximum Gasteiger partial charge on any atom is 0.257 e. The van der Waals surface area contributed by atoms with E-state index in [1.165, 1.54) is 6.20 Å². The van der Waals surface area contributed by atoms with E-state index in [1.54, 1.807) is 11.0 Å². The monoisotopic (exact) mass is 256 g/mol. The highest BCUT2D eigenvalue weighted by atomic mass is 35.5. The minimum absolute atomic E-state index is 0.00650. The number of halogens is 1. The first-order chi connectivity index (χ1) is 7.97. The number of aromatic nitrogens is 1. The minimum Gasteiger partial charge on any atom is -0.395 e. The number of hydrogen-bond acceptors (Lipinski definition) is 3. The molecule has 1 heterocycles. The van der Waals surface area contributed by atoms with Crippen molar-refractivity contribution in [1.82, 2.24) is 9.88 Å². The molecule has 1 amide bonds. The van der Waals surface area contributed by atoms with Gasteiger partial charge in [0.2, 0.25) is 0 Å². The van der Waals surface area contributed by atoms with Gasteiger partial charge >= 0.3 is 0 Å². The van der Waals surface area contributed by atoms with E-state index in [-0.39, 0.29) is 18.6 Å². The summed E-state index contributed by atoms with van der Waals surface area (Å²) in [6.07, 6.45) is 1.48. The van der Waals surface area contributed by atoms with Crippen LogP contribution in [0, 0.1) is 6.92 Å². The van der Waals surface area contributed by atoms with Gasteiger partial charge in [-0.1, -0.05) is 11.6 Å². The lowest BCUT2D eigenvalue weighted by atomic mass is 10.2. The van der Waals surface area contributed by atoms with Gasteiger partial charge in [0, 0.05) is 24.5 Å². The molecule has 1 rings (SSSR count). The molecule has 0 saturated carbocycles. The first-order valence-corrected chi connectivity index (χ1v) is 5.89. The van der Waals surface area contributed by atoms with E-state index in [0.29, 0.717) is 17.1 Å². The number of carbonyl (C=O) groups excluding carboxylic acids is 1. The van der Waals surface area contributed by atoms with Crippen molar-refractivity contribution < 1.29 is 9.90 Å². The SMILES string of the molecule is Cc1cc(Cl)c(C(=O)N(CCO)C(C)C)cn1. The second-order valence-corrected chi connectivity index (χ2v) is 4.53. The Bertz CT molecular complexity index is 407. The largest absolute Gasteiger partial charge is 0.395 e. The molecule has 0 unspecified atom stereocenters. The van der Waals surface area contributed by atoms with Crippen LogP contribution >= 0.6 is 11.6 Å². The molecule has 1 N–H and O–H groups in total. The highest BCUT2D eigenvalue weighted by molar-refractivity contribution is 6.33. The molecule has 4 nitrogen and oxygen atoms in total. The van der Waals surface area contributed by atoms with Crippen molar-refractivity contribution >= 4 is 17.5 Å². The van der Waals surface area contributed by atoms with Gasteiger partial charge in [0.05, 0.1) is 17.2 Å². The summed E-state index contributed by atoms with van der Waals surface area (Å²) < 4.78 is 0. The molecule has 0 aliphatic rings. The zero-order valence-electron chi connectivity index (χ0n) is 10.3. The number of rotatable bonds is 4. The van der Waals surface area contributed by atoms with Crippen LogP contribution in [-0.2, 0) is 0 Å². The van der Waals surface area contributed by atoms with E-state index < -0.39 is 0 Å². The summed E-state index contributed by atoms with van der Waals surface area (Å²) in [5, 5.41) is 9.35. The van der Waals surface area contributed by atoms with Crippen LogP contribution in [0.5, 0.6) is 0 Å². The molecule has 0 radical (unpaired) electrons. The van der Waals surface area contributed by atoms with Gasteiger partial charge in [0.25, 0.3) is 5.91 Å². The Hall–Kier alpha value is -1.13. The third-order valence-corrected chi connectivity index (χ3v) is 2.76. The van der Waals surface area contributed by atoms with Crippen LogP contribution in [0.15, 0.2) is 12.3 Å². The van der Waals surface area contributed by atoms with Crippen molar-refractivity contribution in [2.75, 3.05) is 13.2 Å². The molecule has 0 aromatic carbocycles. The summed E-state index contributed by atoms with van der Waals surface area (Å²) in [5.74, 6) is -0.202. The summed E-state index contributed by atoms with van der Waals surface area (Å²) in [7, 11) is 0. The number of aliphatic hydroxyl groups is 1. The first kappa shape index (κ1) is 13.9. The molecule has 0 aliphatic carbocycles. The second-order valence-electron chi connectivity index (χ2n) is 4.12. The third-order valence-electron chi connectivity index (χ3n) is 2.45. The molecule has 94 valence electrons. The Balaban J connectivity index is 3.01. The van der Waals surface area contributed by atoms with E-state index in [0.717, 1.165) is 5.69 Å². The molecular formula is C12H17ClN2O2. The fourth-order valence-electron chi connectivity index (χ4n) is 1.54. The van der Waals surface area contributed by atoms with E-state index in [1.807, 2.05) is 20.8 Å². The summed E-state index contributed by atoms with van der Waals surface area (Å²) in [6, 6.07) is 1.67. The van der Waals surface area contributed by atoms with Crippen LogP contribution in [0.3, 0.4) is 0 Å². The van der Waals surface area contributed by atoms with Gasteiger partial charge in [0.15, 0.2) is 0 Å². The molecule has 0 fully saturated rings. The Morgan fingerprint density at radius 3 is 2.71 bits per heavy atom. The predicted octanol–water partition coefficient (Wildman–Crippen LogP) is 1.89. The molecule has 0 bridgehead atoms. The van der Waals surface area contributed by atoms with Crippen molar-refractivity contribution in [3.63, 3.8) is 0 Å². The number of amides is 1. The van der Waals surface area contributed by atoms with Crippen molar-refractivity contribution in [3.05, 3.63) is 28.5 Å². The Kier molecular flexibility index (Phi) is 4.90. The fraction of sp³-hybridized carbons (Fsp3) is 0.500. The maximum absolute atomic E-state index is 12.2. The number of aliphatic hydroxyl groups excluding tert-OH is 1. The minimum atomic E-state index is -0.202. The first-order valence-electron chi connectivity index (χ1n) is 5.51. The summed E-state index contributed by atoms with van der Waals surface area (Å²) in [5.41, 5.74) is 1.14. The third kappa shape index (κ3) is 3.41. The lowest BCUT2D eigenvalue weighted by Gasteiger charge is -2.26. The van der Waals surface area contributed by atoms with E-state index >= 15 is 0 Å². The van der Waals surface area contributed by atoms with Gasteiger partial charge in [0.1, 0.15) is 0 Å². The standard InChI is InChI=1S/C12H17ClN2O2/c1-8(2)15(4-5-16)12(17)10-7-14-9(3)6-11(10)13/h6-8,16H,4-5H2,1-3H3. The van der Waals surface area contributed by atoms with Gasteiger partial charge in [-0.25, -0.2) is 0 Å². The smallest absolute Gasteiger partial charge is 0.257 e. The quantitative estimate of drug-likeness (QED) is 0.895. The molecule has 0 saturated heterocycles. The van der Waals surface area contributed by atoms with Crippen LogP contribution in [0.2, 0.25) is 5.02 Å². The molecule has 0 aliphatic heterocycles. The molecule has 17 heavy (non-hydrogen) atoms. The van der Waals surface area contributed by atoms with Crippen LogP contribution in [0.25, 0.3) is 0 Å². The second kappa shape index (κ2) is 5.98. The van der Waals surface area contributed by atoms with Gasteiger partial charge in [-0.15, -0.1) is 0 Å². The summed E-state index contributed by atoms with van der Waals surface area (Å²) >= 11 is 6.02. The normalized spacial score (nSPS) is 10.7. The lowest BCUT2D eigenvalue weighted by molar-refractivity contribution is 0.0665. The van der Waals surface area contributed by atoms with Gasteiger partial charge in [-0.2, -0.15) is 0 Å². The fourth-order valence-corrected chi connectivity index (χ4v) is 1.83. The summed E-state index contributed by atoms with van der Waals surface area (Å²) in [6.45, 7) is 5.82. The number of pyridine rings is 1. The predicted molar refractivity (Wildman–Crippen MR) is 67.2 cm³/mol. The van der Waals surface area contributed by atoms with Crippen molar-refractivity contribution in [1.29, 1.82) is 0 Å². The van der Waals surface area contributed by atoms with Crippen molar-refractivity contribution in [2.45, 2.75) is 26.8 Å². The average Bonchev–Trinajstić information content (AvgIpc) is 2.24. The van der Waals surface area contributed by atoms with Crippen LogP contribution in [-0.4, -0.2) is 40.1 Å². The number of hydrogen-bond donors (Lipinski definition) is 1. The van der Waals surface area contributed by atoms with Crippen molar-refractivity contribution in [3.8, 4) is 0 Å². The van der Waals surface area contributed by atoms with E-state index in [2.05, 4.69) is 4.98 Å². The maximum atomic E-state index is 12.2. The van der Waals surface area contributed by atoms with E-state index in [9.17, 15) is 4.79 Å². The van der Waals surface area contributed by atoms with Crippen LogP contribution in [0.4, 0.5) is 0 Å². The molecule has 0 spiro atoms. The molecule has 5 heteroatoms. The van der Waals surface area contributed by atoms with Crippen molar-refractivity contribution in [2.24, 2.45) is 0 Å². The zero-order valence-corrected chi connectivity index (χ0v) is 11.0. The molecular weight excluding hydrogens is 240 g/mol. The Labute approximate surface area is 106 Å². The Morgan fingerprint density at radius 1 is 1.59 bits per heavy atom. The van der Waals surface area contributed by atoms with E-state index in [4.69, 9.17) is 16.7 Å². The van der Waals surface area contributed by atoms with Gasteiger partial charge < -0.3 is 10.0 Å². The zero-order chi connectivity index (χ0) is 13.0. The molecule has 0 atom stereocenters. The number of carbonyl (C=O) groups is 1. The summed E-state index contributed by atoms with van der Waals surface area (Å²) in [4.78, 5) is 17.8. The van der Waals surface area contributed by atoms with Gasteiger partial charge in [-0.3, -0.25) is 9.78 Å². The number of aryl methyl sites for hydroxylation is 1. The number of nitrogens with zero attached hydrogens (tertiary/aromatic N) is 2. The molecule has 1 aromatic heterocycles. The topological polar surface area (TPSA) is 53.4 Å². The van der Waals surface area contributed by atoms with Crippen LogP contribution < -0.4 is 0 Å². The van der Waals surface area contributed by atoms with Gasteiger partial charge in [-0.05, 0) is 26.8 Å². The molecule has 1 aromatic rings.